The average Bonchev–Trinajstić information content (AvgIpc) is 2.44. The molecule has 1 amide bonds. The molecule has 0 atom stereocenters. The molecule has 3 N–H and O–H groups in total. The minimum Gasteiger partial charge on any atom is -0.490 e. The van der Waals surface area contributed by atoms with Gasteiger partial charge in [0.1, 0.15) is 12.4 Å². The summed E-state index contributed by atoms with van der Waals surface area (Å²) in [7, 11) is 0. The Kier molecular flexibility index (Phi) is 4.78. The summed E-state index contributed by atoms with van der Waals surface area (Å²) in [4.78, 5) is 16.4. The van der Waals surface area contributed by atoms with E-state index in [1.54, 1.807) is 0 Å². The third kappa shape index (κ3) is 4.12. The van der Waals surface area contributed by atoms with Crippen LogP contribution >= 0.6 is 0 Å². The maximum absolute atomic E-state index is 11.9. The Balaban J connectivity index is 2.21. The maximum Gasteiger partial charge on any atom is 0.223 e. The van der Waals surface area contributed by atoms with Gasteiger partial charge in [-0.25, -0.2) is 0 Å². The van der Waals surface area contributed by atoms with Crippen molar-refractivity contribution in [2.45, 2.75) is 40.2 Å². The van der Waals surface area contributed by atoms with Crippen molar-refractivity contribution in [1.82, 2.24) is 10.3 Å². The molecule has 0 aliphatic carbocycles. The van der Waals surface area contributed by atoms with Gasteiger partial charge in [0.05, 0.1) is 16.4 Å². The monoisotopic (exact) mass is 315 g/mol. The molecule has 0 unspecified atom stereocenters. The first-order chi connectivity index (χ1) is 10.7. The number of fused-ring (bicyclic) bond motifs is 1. The summed E-state index contributed by atoms with van der Waals surface area (Å²) in [5.41, 5.74) is 7.98. The van der Waals surface area contributed by atoms with E-state index in [9.17, 15) is 4.79 Å². The summed E-state index contributed by atoms with van der Waals surface area (Å²) < 4.78 is 5.95. The summed E-state index contributed by atoms with van der Waals surface area (Å²) in [6.45, 7) is 9.86. The Hall–Kier alpha value is -2.30. The van der Waals surface area contributed by atoms with E-state index >= 15 is 0 Å². The summed E-state index contributed by atoms with van der Waals surface area (Å²) in [5.74, 6) is 0.627. The van der Waals surface area contributed by atoms with Crippen LogP contribution in [0.3, 0.4) is 0 Å². The molecule has 0 bridgehead atoms. The molecule has 5 nitrogen and oxygen atoms in total. The van der Waals surface area contributed by atoms with Crippen molar-refractivity contribution >= 4 is 22.5 Å². The summed E-state index contributed by atoms with van der Waals surface area (Å²) in [6, 6.07) is 7.51. The van der Waals surface area contributed by atoms with Gasteiger partial charge in [-0.2, -0.15) is 0 Å². The standard InChI is InChI=1S/C18H25N3O2/c1-11(2)17(22)21-18(4,5)10-23-15-8-6-7-14-16(15)13(19)9-12(3)20-14/h6-9,11H,10H2,1-5H3,(H2,19,20)(H,21,22). The third-order valence-corrected chi connectivity index (χ3v) is 3.53. The van der Waals surface area contributed by atoms with Gasteiger partial charge in [-0.15, -0.1) is 0 Å². The molecule has 1 aromatic heterocycles. The highest BCUT2D eigenvalue weighted by molar-refractivity contribution is 5.95. The van der Waals surface area contributed by atoms with Crippen molar-refractivity contribution in [2.75, 3.05) is 12.3 Å². The Morgan fingerprint density at radius 3 is 2.74 bits per heavy atom. The molecule has 23 heavy (non-hydrogen) atoms. The highest BCUT2D eigenvalue weighted by Gasteiger charge is 2.23. The van der Waals surface area contributed by atoms with Gasteiger partial charge in [-0.05, 0) is 39.0 Å². The molecule has 0 saturated heterocycles. The topological polar surface area (TPSA) is 77.2 Å². The van der Waals surface area contributed by atoms with Crippen LogP contribution in [0.5, 0.6) is 5.75 Å². The Labute approximate surface area is 137 Å². The molecule has 2 aromatic rings. The first kappa shape index (κ1) is 17.1. The largest absolute Gasteiger partial charge is 0.490 e. The van der Waals surface area contributed by atoms with Crippen LogP contribution in [0.2, 0.25) is 0 Å². The third-order valence-electron chi connectivity index (χ3n) is 3.53. The second-order valence-electron chi connectivity index (χ2n) is 6.82. The smallest absolute Gasteiger partial charge is 0.223 e. The zero-order chi connectivity index (χ0) is 17.2. The zero-order valence-corrected chi connectivity index (χ0v) is 14.4. The Morgan fingerprint density at radius 2 is 2.09 bits per heavy atom. The number of aryl methyl sites for hydroxylation is 1. The predicted octanol–water partition coefficient (Wildman–Crippen LogP) is 3.06. The van der Waals surface area contributed by atoms with E-state index in [0.717, 1.165) is 16.6 Å². The van der Waals surface area contributed by atoms with Crippen molar-refractivity contribution in [3.8, 4) is 5.75 Å². The Bertz CT molecular complexity index is 724. The van der Waals surface area contributed by atoms with Crippen molar-refractivity contribution in [3.63, 3.8) is 0 Å². The second kappa shape index (κ2) is 6.44. The summed E-state index contributed by atoms with van der Waals surface area (Å²) >= 11 is 0. The van der Waals surface area contributed by atoms with Crippen molar-refractivity contribution < 1.29 is 9.53 Å². The lowest BCUT2D eigenvalue weighted by Crippen LogP contribution is -2.49. The highest BCUT2D eigenvalue weighted by Crippen LogP contribution is 2.30. The van der Waals surface area contributed by atoms with E-state index in [1.165, 1.54) is 0 Å². The van der Waals surface area contributed by atoms with E-state index < -0.39 is 5.54 Å². The molecule has 0 aliphatic heterocycles. The molecule has 0 radical (unpaired) electrons. The SMILES string of the molecule is Cc1cc(N)c2c(OCC(C)(C)NC(=O)C(C)C)cccc2n1. The van der Waals surface area contributed by atoms with Gasteiger partial charge in [0.2, 0.25) is 5.91 Å². The number of amides is 1. The van der Waals surface area contributed by atoms with Crippen molar-refractivity contribution in [1.29, 1.82) is 0 Å². The van der Waals surface area contributed by atoms with Crippen LogP contribution in [0.4, 0.5) is 5.69 Å². The quantitative estimate of drug-likeness (QED) is 0.889. The van der Waals surface area contributed by atoms with Crippen molar-refractivity contribution in [2.24, 2.45) is 5.92 Å². The average molecular weight is 315 g/mol. The molecule has 0 saturated carbocycles. The number of ether oxygens (including phenoxy) is 1. The molecule has 124 valence electrons. The number of nitrogens with zero attached hydrogens (tertiary/aromatic N) is 1. The molecule has 0 aliphatic rings. The first-order valence-electron chi connectivity index (χ1n) is 7.80. The lowest BCUT2D eigenvalue weighted by Gasteiger charge is -2.27. The minimum atomic E-state index is -0.476. The van der Waals surface area contributed by atoms with Gasteiger partial charge in [-0.1, -0.05) is 19.9 Å². The number of pyridine rings is 1. The zero-order valence-electron chi connectivity index (χ0n) is 14.4. The number of aromatic nitrogens is 1. The van der Waals surface area contributed by atoms with Crippen molar-refractivity contribution in [3.05, 3.63) is 30.0 Å². The summed E-state index contributed by atoms with van der Waals surface area (Å²) in [5, 5.41) is 3.80. The number of hydrogen-bond acceptors (Lipinski definition) is 4. The van der Waals surface area contributed by atoms with Crippen LogP contribution in [0.15, 0.2) is 24.3 Å². The lowest BCUT2D eigenvalue weighted by molar-refractivity contribution is -0.126. The number of carbonyl (C=O) groups is 1. The number of carbonyl (C=O) groups excluding carboxylic acids is 1. The fourth-order valence-electron chi connectivity index (χ4n) is 2.31. The molecule has 5 heteroatoms. The normalized spacial score (nSPS) is 11.7. The molecular weight excluding hydrogens is 290 g/mol. The highest BCUT2D eigenvalue weighted by atomic mass is 16.5. The number of rotatable bonds is 5. The molecular formula is C18H25N3O2. The number of nitrogen functional groups attached to an aromatic ring is 1. The van der Waals surface area contributed by atoms with Crippen LogP contribution in [-0.4, -0.2) is 23.0 Å². The van der Waals surface area contributed by atoms with E-state index in [4.69, 9.17) is 10.5 Å². The second-order valence-corrected chi connectivity index (χ2v) is 6.82. The van der Waals surface area contributed by atoms with Gasteiger partial charge in [0.25, 0.3) is 0 Å². The van der Waals surface area contributed by atoms with E-state index in [1.807, 2.05) is 58.9 Å². The fraction of sp³-hybridized carbons (Fsp3) is 0.444. The van der Waals surface area contributed by atoms with Crippen LogP contribution in [-0.2, 0) is 4.79 Å². The van der Waals surface area contributed by atoms with Gasteiger partial charge < -0.3 is 15.8 Å². The number of hydrogen-bond donors (Lipinski definition) is 2. The molecule has 1 aromatic carbocycles. The lowest BCUT2D eigenvalue weighted by atomic mass is 10.1. The number of nitrogens with one attached hydrogen (secondary N) is 1. The minimum absolute atomic E-state index is 0.00771. The van der Waals surface area contributed by atoms with E-state index in [2.05, 4.69) is 10.3 Å². The van der Waals surface area contributed by atoms with E-state index in [0.29, 0.717) is 18.0 Å². The number of benzene rings is 1. The van der Waals surface area contributed by atoms with Crippen LogP contribution in [0.25, 0.3) is 10.9 Å². The van der Waals surface area contributed by atoms with E-state index in [-0.39, 0.29) is 11.8 Å². The van der Waals surface area contributed by atoms with Crippen LogP contribution < -0.4 is 15.8 Å². The van der Waals surface area contributed by atoms with Gasteiger partial charge >= 0.3 is 0 Å². The first-order valence-corrected chi connectivity index (χ1v) is 7.80. The molecule has 0 fully saturated rings. The number of nitrogens with two attached hydrogens (primary N) is 1. The predicted molar refractivity (Wildman–Crippen MR) is 93.4 cm³/mol. The van der Waals surface area contributed by atoms with Crippen LogP contribution in [0, 0.1) is 12.8 Å². The van der Waals surface area contributed by atoms with Gasteiger partial charge in [0.15, 0.2) is 0 Å². The maximum atomic E-state index is 11.9. The number of anilines is 1. The molecule has 1 heterocycles. The molecule has 2 rings (SSSR count). The Morgan fingerprint density at radius 1 is 1.39 bits per heavy atom. The van der Waals surface area contributed by atoms with Gasteiger partial charge in [0, 0.05) is 17.3 Å². The van der Waals surface area contributed by atoms with Crippen LogP contribution in [0.1, 0.15) is 33.4 Å². The fourth-order valence-corrected chi connectivity index (χ4v) is 2.31. The van der Waals surface area contributed by atoms with Gasteiger partial charge in [-0.3, -0.25) is 9.78 Å². The molecule has 0 spiro atoms. The summed E-state index contributed by atoms with van der Waals surface area (Å²) in [6.07, 6.45) is 0.